The Labute approximate surface area is 218 Å². The Morgan fingerprint density at radius 2 is 1.14 bits per heavy atom. The topological polar surface area (TPSA) is 63.6 Å². The van der Waals surface area contributed by atoms with E-state index < -0.39 is 5.97 Å². The molecule has 0 fully saturated rings. The number of carbonyl (C=O) groups is 2. The summed E-state index contributed by atoms with van der Waals surface area (Å²) in [4.78, 5) is 23.3. The number of carboxylic acid groups (broad SMARTS) is 1. The van der Waals surface area contributed by atoms with E-state index in [9.17, 15) is 14.7 Å². The molecule has 0 saturated carbocycles. The number of rotatable bonds is 8. The smallest absolute Gasteiger partial charge is 0.336 e. The Morgan fingerprint density at radius 1 is 0.676 bits per heavy atom. The van der Waals surface area contributed by atoms with Crippen LogP contribution in [0.2, 0.25) is 0 Å². The Kier molecular flexibility index (Phi) is 10.6. The van der Waals surface area contributed by atoms with Crippen LogP contribution >= 0.6 is 0 Å². The Hall–Kier alpha value is -4.70. The molecule has 37 heavy (non-hydrogen) atoms. The summed E-state index contributed by atoms with van der Waals surface area (Å²) in [6.07, 6.45) is 4.22. The van der Waals surface area contributed by atoms with Gasteiger partial charge >= 0.3 is 11.9 Å². The molecule has 4 rings (SSSR count). The third-order valence-corrected chi connectivity index (χ3v) is 5.42. The van der Waals surface area contributed by atoms with Gasteiger partial charge < -0.3 is 9.84 Å². The molecule has 0 aliphatic rings. The number of carbonyl (C=O) groups excluding carboxylic acids is 1. The largest absolute Gasteiger partial charge is 0.478 e. The van der Waals surface area contributed by atoms with Gasteiger partial charge in [-0.15, -0.1) is 0 Å². The molecule has 0 heterocycles. The second-order valence-electron chi connectivity index (χ2n) is 8.14. The zero-order chi connectivity index (χ0) is 26.3. The van der Waals surface area contributed by atoms with Gasteiger partial charge in [0.25, 0.3) is 0 Å². The Bertz CT molecular complexity index is 1310. The molecule has 0 spiro atoms. The van der Waals surface area contributed by atoms with Gasteiger partial charge in [0, 0.05) is 5.57 Å². The van der Waals surface area contributed by atoms with Gasteiger partial charge in [0.05, 0.1) is 5.57 Å². The van der Waals surface area contributed by atoms with Gasteiger partial charge in [0.15, 0.2) is 0 Å². The van der Waals surface area contributed by atoms with E-state index in [0.717, 1.165) is 16.7 Å². The first-order chi connectivity index (χ1) is 18.1. The SMILES string of the molecule is CCC(=Cc1ccccc1)C(=O)OCc1ccccc1.O=C(O)C(=Cc1ccccc1)c1ccccc1. The molecule has 4 heteroatoms. The van der Waals surface area contributed by atoms with Crippen LogP contribution in [0.5, 0.6) is 0 Å². The Morgan fingerprint density at radius 3 is 1.62 bits per heavy atom. The monoisotopic (exact) mass is 490 g/mol. The van der Waals surface area contributed by atoms with Crippen molar-refractivity contribution in [1.29, 1.82) is 0 Å². The maximum absolute atomic E-state index is 12.1. The number of hydrogen-bond acceptors (Lipinski definition) is 3. The summed E-state index contributed by atoms with van der Waals surface area (Å²) in [5.74, 6) is -1.17. The fourth-order valence-electron chi connectivity index (χ4n) is 3.47. The van der Waals surface area contributed by atoms with Crippen LogP contribution in [-0.4, -0.2) is 17.0 Å². The molecule has 0 amide bonds. The van der Waals surface area contributed by atoms with E-state index in [-0.39, 0.29) is 5.97 Å². The highest BCUT2D eigenvalue weighted by atomic mass is 16.5. The number of carboxylic acids is 1. The number of ether oxygens (including phenoxy) is 1. The van der Waals surface area contributed by atoms with Crippen LogP contribution in [0, 0.1) is 0 Å². The molecular formula is C33H30O4. The quantitative estimate of drug-likeness (QED) is 0.157. The summed E-state index contributed by atoms with van der Waals surface area (Å²) < 4.78 is 5.35. The highest BCUT2D eigenvalue weighted by Gasteiger charge is 2.10. The molecule has 0 radical (unpaired) electrons. The van der Waals surface area contributed by atoms with E-state index >= 15 is 0 Å². The molecule has 0 aromatic heterocycles. The summed E-state index contributed by atoms with van der Waals surface area (Å²) in [7, 11) is 0. The van der Waals surface area contributed by atoms with E-state index in [0.29, 0.717) is 29.7 Å². The molecule has 0 unspecified atom stereocenters. The third kappa shape index (κ3) is 9.11. The number of esters is 1. The molecule has 4 nitrogen and oxygen atoms in total. The second kappa shape index (κ2) is 14.6. The van der Waals surface area contributed by atoms with Crippen molar-refractivity contribution < 1.29 is 19.4 Å². The molecule has 0 aliphatic heterocycles. The van der Waals surface area contributed by atoms with E-state index in [1.807, 2.05) is 122 Å². The molecular weight excluding hydrogens is 460 g/mol. The summed E-state index contributed by atoms with van der Waals surface area (Å²) in [6.45, 7) is 2.27. The lowest BCUT2D eigenvalue weighted by atomic mass is 10.0. The molecule has 186 valence electrons. The van der Waals surface area contributed by atoms with E-state index in [1.54, 1.807) is 18.2 Å². The first-order valence-corrected chi connectivity index (χ1v) is 12.1. The van der Waals surface area contributed by atoms with Gasteiger partial charge in [0.1, 0.15) is 6.61 Å². The Balaban J connectivity index is 0.000000208. The maximum atomic E-state index is 12.1. The van der Waals surface area contributed by atoms with Crippen molar-refractivity contribution in [3.05, 3.63) is 149 Å². The van der Waals surface area contributed by atoms with Crippen LogP contribution < -0.4 is 0 Å². The zero-order valence-corrected chi connectivity index (χ0v) is 20.8. The average Bonchev–Trinajstić information content (AvgIpc) is 2.95. The fraction of sp³-hybridized carbons (Fsp3) is 0.0909. The molecule has 4 aromatic carbocycles. The minimum atomic E-state index is -0.917. The summed E-state index contributed by atoms with van der Waals surface area (Å²) in [5.41, 5.74) is 4.60. The lowest BCUT2D eigenvalue weighted by Gasteiger charge is -2.07. The van der Waals surface area contributed by atoms with Gasteiger partial charge in [-0.3, -0.25) is 0 Å². The lowest BCUT2D eigenvalue weighted by Crippen LogP contribution is -2.07. The van der Waals surface area contributed by atoms with E-state index in [2.05, 4.69) is 0 Å². The first kappa shape index (κ1) is 26.9. The summed E-state index contributed by atoms with van der Waals surface area (Å²) in [6, 6.07) is 38.1. The molecule has 0 bridgehead atoms. The number of benzene rings is 4. The van der Waals surface area contributed by atoms with Gasteiger partial charge in [-0.05, 0) is 40.8 Å². The lowest BCUT2D eigenvalue weighted by molar-refractivity contribution is -0.140. The molecule has 4 aromatic rings. The predicted octanol–water partition coefficient (Wildman–Crippen LogP) is 7.54. The molecule has 1 N–H and O–H groups in total. The van der Waals surface area contributed by atoms with Crippen molar-refractivity contribution >= 4 is 29.7 Å². The predicted molar refractivity (Wildman–Crippen MR) is 149 cm³/mol. The van der Waals surface area contributed by atoms with Crippen molar-refractivity contribution in [3.63, 3.8) is 0 Å². The minimum Gasteiger partial charge on any atom is -0.478 e. The molecule has 0 aliphatic carbocycles. The van der Waals surface area contributed by atoms with Crippen molar-refractivity contribution in [2.75, 3.05) is 0 Å². The van der Waals surface area contributed by atoms with Crippen molar-refractivity contribution in [2.45, 2.75) is 20.0 Å². The van der Waals surface area contributed by atoms with Crippen LogP contribution in [0.1, 0.15) is 35.6 Å². The number of hydrogen-bond donors (Lipinski definition) is 1. The summed E-state index contributed by atoms with van der Waals surface area (Å²) >= 11 is 0. The molecule has 0 atom stereocenters. The molecule has 0 saturated heterocycles. The second-order valence-corrected chi connectivity index (χ2v) is 8.14. The summed E-state index contributed by atoms with van der Waals surface area (Å²) in [5, 5.41) is 9.22. The standard InChI is InChI=1S/C18H18O2.C15H12O2/c1-2-17(13-15-9-5-3-6-10-15)18(19)20-14-16-11-7-4-8-12-16;16-15(17)14(13-9-5-2-6-10-13)11-12-7-3-1-4-8-12/h3-13H,2,14H2,1H3;1-11H,(H,16,17). The maximum Gasteiger partial charge on any atom is 0.336 e. The first-order valence-electron chi connectivity index (χ1n) is 12.1. The third-order valence-electron chi connectivity index (χ3n) is 5.42. The normalized spacial score (nSPS) is 11.2. The van der Waals surface area contributed by atoms with Gasteiger partial charge in [-0.2, -0.15) is 0 Å². The van der Waals surface area contributed by atoms with E-state index in [4.69, 9.17) is 4.74 Å². The van der Waals surface area contributed by atoms with Crippen LogP contribution in [0.4, 0.5) is 0 Å². The van der Waals surface area contributed by atoms with Crippen LogP contribution in [-0.2, 0) is 20.9 Å². The van der Waals surface area contributed by atoms with E-state index in [1.165, 1.54) is 0 Å². The van der Waals surface area contributed by atoms with Crippen LogP contribution in [0.25, 0.3) is 17.7 Å². The van der Waals surface area contributed by atoms with Crippen LogP contribution in [0.3, 0.4) is 0 Å². The van der Waals surface area contributed by atoms with Gasteiger partial charge in [-0.1, -0.05) is 128 Å². The highest BCUT2D eigenvalue weighted by molar-refractivity contribution is 6.20. The van der Waals surface area contributed by atoms with Crippen molar-refractivity contribution in [2.24, 2.45) is 0 Å². The zero-order valence-electron chi connectivity index (χ0n) is 20.8. The fourth-order valence-corrected chi connectivity index (χ4v) is 3.47. The highest BCUT2D eigenvalue weighted by Crippen LogP contribution is 2.18. The van der Waals surface area contributed by atoms with Crippen molar-refractivity contribution in [3.8, 4) is 0 Å². The van der Waals surface area contributed by atoms with Gasteiger partial charge in [-0.25, -0.2) is 9.59 Å². The van der Waals surface area contributed by atoms with Crippen molar-refractivity contribution in [1.82, 2.24) is 0 Å². The minimum absolute atomic E-state index is 0.250. The number of aliphatic carboxylic acids is 1. The van der Waals surface area contributed by atoms with Crippen LogP contribution in [0.15, 0.2) is 127 Å². The van der Waals surface area contributed by atoms with Gasteiger partial charge in [0.2, 0.25) is 0 Å². The average molecular weight is 491 g/mol.